The molecule has 1 fully saturated rings. The maximum atomic E-state index is 12.9. The van der Waals surface area contributed by atoms with Crippen molar-refractivity contribution in [3.8, 4) is 0 Å². The summed E-state index contributed by atoms with van der Waals surface area (Å²) in [6.45, 7) is 8.19. The molecule has 2 unspecified atom stereocenters. The summed E-state index contributed by atoms with van der Waals surface area (Å²) in [7, 11) is -3.30. The van der Waals surface area contributed by atoms with Crippen LogP contribution in [0.25, 0.3) is 0 Å². The molecule has 0 radical (unpaired) electrons. The second kappa shape index (κ2) is 7.91. The monoisotopic (exact) mass is 372 g/mol. The van der Waals surface area contributed by atoms with Crippen molar-refractivity contribution in [1.82, 2.24) is 9.21 Å². The normalized spacial score (nSPS) is 22.4. The smallest absolute Gasteiger partial charge is 0.218 e. The van der Waals surface area contributed by atoms with E-state index >= 15 is 0 Å². The van der Waals surface area contributed by atoms with E-state index in [9.17, 15) is 8.42 Å². The standard InChI is InChI=1S/C21H28N2O2S/c1-17-9-11-21(12-10-17)16-26(24,25)22-13-18(2)23(19(3)14-22)15-20-7-5-4-6-8-20/h4-12,18-19H,13-16H2,1-3H3. The maximum Gasteiger partial charge on any atom is 0.218 e. The molecule has 0 N–H and O–H groups in total. The topological polar surface area (TPSA) is 40.6 Å². The predicted molar refractivity (Wildman–Crippen MR) is 106 cm³/mol. The number of rotatable bonds is 5. The van der Waals surface area contributed by atoms with Gasteiger partial charge in [-0.25, -0.2) is 8.42 Å². The first-order valence-electron chi connectivity index (χ1n) is 9.18. The number of nitrogens with zero attached hydrogens (tertiary/aromatic N) is 2. The van der Waals surface area contributed by atoms with Crippen molar-refractivity contribution >= 4 is 10.0 Å². The minimum absolute atomic E-state index is 0.0748. The van der Waals surface area contributed by atoms with Gasteiger partial charge >= 0.3 is 0 Å². The number of hydrogen-bond acceptors (Lipinski definition) is 3. The van der Waals surface area contributed by atoms with Crippen molar-refractivity contribution < 1.29 is 8.42 Å². The van der Waals surface area contributed by atoms with Crippen LogP contribution < -0.4 is 0 Å². The minimum Gasteiger partial charge on any atom is -0.291 e. The molecule has 1 heterocycles. The zero-order valence-corrected chi connectivity index (χ0v) is 16.6. The first-order chi connectivity index (χ1) is 12.3. The summed E-state index contributed by atoms with van der Waals surface area (Å²) in [6, 6.07) is 18.5. The molecule has 4 nitrogen and oxygen atoms in total. The highest BCUT2D eigenvalue weighted by molar-refractivity contribution is 7.88. The van der Waals surface area contributed by atoms with Crippen molar-refractivity contribution in [3.05, 3.63) is 71.3 Å². The lowest BCUT2D eigenvalue weighted by Crippen LogP contribution is -2.57. The average Bonchev–Trinajstić information content (AvgIpc) is 2.60. The van der Waals surface area contributed by atoms with Gasteiger partial charge in [-0.3, -0.25) is 4.90 Å². The van der Waals surface area contributed by atoms with E-state index in [-0.39, 0.29) is 17.8 Å². The summed E-state index contributed by atoms with van der Waals surface area (Å²) in [5, 5.41) is 0. The fourth-order valence-electron chi connectivity index (χ4n) is 3.63. The fraction of sp³-hybridized carbons (Fsp3) is 0.429. The van der Waals surface area contributed by atoms with Crippen LogP contribution in [-0.4, -0.2) is 42.8 Å². The van der Waals surface area contributed by atoms with Crippen molar-refractivity contribution in [2.45, 2.75) is 45.2 Å². The molecule has 0 amide bonds. The third-order valence-corrected chi connectivity index (χ3v) is 6.92. The number of sulfonamides is 1. The molecular weight excluding hydrogens is 344 g/mol. The molecule has 140 valence electrons. The van der Waals surface area contributed by atoms with Crippen LogP contribution in [0.5, 0.6) is 0 Å². The molecule has 0 aliphatic carbocycles. The molecular formula is C21H28N2O2S. The molecule has 2 aromatic carbocycles. The molecule has 2 atom stereocenters. The van der Waals surface area contributed by atoms with Gasteiger partial charge in [-0.05, 0) is 31.9 Å². The summed E-state index contributed by atoms with van der Waals surface area (Å²) in [5.41, 5.74) is 3.26. The Morgan fingerprint density at radius 1 is 0.885 bits per heavy atom. The Labute approximate surface area is 157 Å². The van der Waals surface area contributed by atoms with Crippen LogP contribution in [0.2, 0.25) is 0 Å². The fourth-order valence-corrected chi connectivity index (χ4v) is 5.31. The Bertz CT molecular complexity index is 807. The lowest BCUT2D eigenvalue weighted by molar-refractivity contribution is 0.0698. The van der Waals surface area contributed by atoms with Crippen LogP contribution in [0.4, 0.5) is 0 Å². The van der Waals surface area contributed by atoms with Crippen molar-refractivity contribution in [2.75, 3.05) is 13.1 Å². The third kappa shape index (κ3) is 4.53. The van der Waals surface area contributed by atoms with Crippen LogP contribution in [0.1, 0.15) is 30.5 Å². The summed E-state index contributed by atoms with van der Waals surface area (Å²) in [4.78, 5) is 2.40. The summed E-state index contributed by atoms with van der Waals surface area (Å²) in [6.07, 6.45) is 0. The van der Waals surface area contributed by atoms with Crippen LogP contribution >= 0.6 is 0 Å². The lowest BCUT2D eigenvalue weighted by atomic mass is 10.1. The van der Waals surface area contributed by atoms with E-state index < -0.39 is 10.0 Å². The first kappa shape index (κ1) is 19.1. The second-order valence-corrected chi connectivity index (χ2v) is 9.38. The highest BCUT2D eigenvalue weighted by Crippen LogP contribution is 2.23. The molecule has 5 heteroatoms. The van der Waals surface area contributed by atoms with E-state index in [1.807, 2.05) is 49.4 Å². The number of piperazine rings is 1. The van der Waals surface area contributed by atoms with Gasteiger partial charge in [-0.1, -0.05) is 60.2 Å². The zero-order chi connectivity index (χ0) is 18.7. The van der Waals surface area contributed by atoms with Crippen molar-refractivity contribution in [2.24, 2.45) is 0 Å². The quantitative estimate of drug-likeness (QED) is 0.807. The summed E-state index contributed by atoms with van der Waals surface area (Å²) < 4.78 is 27.5. The average molecular weight is 373 g/mol. The number of hydrogen-bond donors (Lipinski definition) is 0. The molecule has 0 saturated carbocycles. The summed E-state index contributed by atoms with van der Waals surface area (Å²) >= 11 is 0. The lowest BCUT2D eigenvalue weighted by Gasteiger charge is -2.43. The van der Waals surface area contributed by atoms with Gasteiger partial charge < -0.3 is 0 Å². The van der Waals surface area contributed by atoms with Crippen LogP contribution in [0, 0.1) is 6.92 Å². The number of aryl methyl sites for hydroxylation is 1. The van der Waals surface area contributed by atoms with Crippen molar-refractivity contribution in [3.63, 3.8) is 0 Å². The highest BCUT2D eigenvalue weighted by Gasteiger charge is 2.35. The minimum atomic E-state index is -3.30. The van der Waals surface area contributed by atoms with E-state index in [1.165, 1.54) is 5.56 Å². The van der Waals surface area contributed by atoms with Gasteiger partial charge in [0.05, 0.1) is 5.75 Å². The van der Waals surface area contributed by atoms with E-state index in [1.54, 1.807) is 4.31 Å². The van der Waals surface area contributed by atoms with Crippen LogP contribution in [0.15, 0.2) is 54.6 Å². The predicted octanol–water partition coefficient (Wildman–Crippen LogP) is 3.42. The van der Waals surface area contributed by atoms with E-state index in [0.29, 0.717) is 13.1 Å². The Kier molecular flexibility index (Phi) is 5.80. The van der Waals surface area contributed by atoms with Crippen LogP contribution in [0.3, 0.4) is 0 Å². The third-order valence-electron chi connectivity index (χ3n) is 5.14. The zero-order valence-electron chi connectivity index (χ0n) is 15.8. The largest absolute Gasteiger partial charge is 0.291 e. The molecule has 1 saturated heterocycles. The molecule has 0 bridgehead atoms. The van der Waals surface area contributed by atoms with Crippen LogP contribution in [-0.2, 0) is 22.3 Å². The Morgan fingerprint density at radius 2 is 1.46 bits per heavy atom. The van der Waals surface area contributed by atoms with E-state index in [4.69, 9.17) is 0 Å². The maximum absolute atomic E-state index is 12.9. The van der Waals surface area contributed by atoms with Gasteiger partial charge in [-0.2, -0.15) is 4.31 Å². The first-order valence-corrected chi connectivity index (χ1v) is 10.8. The molecule has 1 aliphatic rings. The molecule has 1 aliphatic heterocycles. The Morgan fingerprint density at radius 3 is 2.04 bits per heavy atom. The van der Waals surface area contributed by atoms with E-state index in [2.05, 4.69) is 30.9 Å². The molecule has 0 spiro atoms. The van der Waals surface area contributed by atoms with Gasteiger partial charge in [0.1, 0.15) is 0 Å². The molecule has 26 heavy (non-hydrogen) atoms. The summed E-state index contributed by atoms with van der Waals surface area (Å²) in [5.74, 6) is 0.0748. The molecule has 3 rings (SSSR count). The highest BCUT2D eigenvalue weighted by atomic mass is 32.2. The number of benzene rings is 2. The van der Waals surface area contributed by atoms with Gasteiger partial charge in [0.15, 0.2) is 0 Å². The van der Waals surface area contributed by atoms with E-state index in [0.717, 1.165) is 17.7 Å². The Balaban J connectivity index is 1.68. The van der Waals surface area contributed by atoms with Crippen molar-refractivity contribution in [1.29, 1.82) is 0 Å². The molecule has 2 aromatic rings. The SMILES string of the molecule is Cc1ccc(CS(=O)(=O)N2CC(C)N(Cc3ccccc3)C(C)C2)cc1. The Hall–Kier alpha value is -1.69. The second-order valence-electron chi connectivity index (χ2n) is 7.41. The van der Waals surface area contributed by atoms with Gasteiger partial charge in [0.25, 0.3) is 0 Å². The molecule has 0 aromatic heterocycles. The van der Waals surface area contributed by atoms with Gasteiger partial charge in [0, 0.05) is 31.7 Å². The van der Waals surface area contributed by atoms with Gasteiger partial charge in [-0.15, -0.1) is 0 Å². The van der Waals surface area contributed by atoms with Gasteiger partial charge in [0.2, 0.25) is 10.0 Å².